The van der Waals surface area contributed by atoms with E-state index in [-0.39, 0.29) is 11.3 Å². The Morgan fingerprint density at radius 3 is 2.56 bits per heavy atom. The highest BCUT2D eigenvalue weighted by Crippen LogP contribution is 2.34. The monoisotopic (exact) mass is 470 g/mol. The van der Waals surface area contributed by atoms with E-state index in [1.54, 1.807) is 11.8 Å². The fraction of sp³-hybridized carbons (Fsp3) is 0.321. The molecule has 0 spiro atoms. The molecule has 6 heteroatoms. The van der Waals surface area contributed by atoms with Crippen LogP contribution in [0, 0.1) is 6.92 Å². The summed E-state index contributed by atoms with van der Waals surface area (Å²) in [5, 5.41) is 5.79. The van der Waals surface area contributed by atoms with E-state index in [2.05, 4.69) is 51.1 Å². The highest BCUT2D eigenvalue weighted by molar-refractivity contribution is 7.99. The zero-order chi connectivity index (χ0) is 23.9. The molecule has 34 heavy (non-hydrogen) atoms. The summed E-state index contributed by atoms with van der Waals surface area (Å²) in [7, 11) is 0. The lowest BCUT2D eigenvalue weighted by molar-refractivity contribution is -0.116. The number of nitrogens with zero attached hydrogens (tertiary/aromatic N) is 4. The van der Waals surface area contributed by atoms with Gasteiger partial charge in [0.05, 0.1) is 17.1 Å². The Morgan fingerprint density at radius 1 is 1.06 bits per heavy atom. The quantitative estimate of drug-likeness (QED) is 0.268. The minimum absolute atomic E-state index is 0.126. The SMILES string of the molecule is Cc1nn2c(SCC(=O)N3CCCc4ccccc43)cc(C(C)(C)C)nc2c1-c1ccccc1. The van der Waals surface area contributed by atoms with E-state index in [0.29, 0.717) is 5.75 Å². The van der Waals surface area contributed by atoms with Gasteiger partial charge in [-0.25, -0.2) is 9.50 Å². The summed E-state index contributed by atoms with van der Waals surface area (Å²) in [6, 6.07) is 20.6. The molecular formula is C28H30N4OS. The van der Waals surface area contributed by atoms with Crippen LogP contribution in [0.15, 0.2) is 65.7 Å². The smallest absolute Gasteiger partial charge is 0.237 e. The number of fused-ring (bicyclic) bond motifs is 2. The number of thioether (sulfide) groups is 1. The first kappa shape index (κ1) is 22.7. The van der Waals surface area contributed by atoms with Crippen LogP contribution >= 0.6 is 11.8 Å². The first-order valence-corrected chi connectivity index (χ1v) is 12.8. The van der Waals surface area contributed by atoms with Crippen molar-refractivity contribution in [3.8, 4) is 11.1 Å². The zero-order valence-electron chi connectivity index (χ0n) is 20.2. The van der Waals surface area contributed by atoms with Gasteiger partial charge >= 0.3 is 0 Å². The van der Waals surface area contributed by atoms with Gasteiger partial charge in [-0.15, -0.1) is 0 Å². The molecule has 0 saturated carbocycles. The summed E-state index contributed by atoms with van der Waals surface area (Å²) in [5.74, 6) is 0.489. The van der Waals surface area contributed by atoms with Gasteiger partial charge in [0.15, 0.2) is 5.65 Å². The minimum Gasteiger partial charge on any atom is -0.311 e. The standard InChI is InChI=1S/C28H30N4OS/c1-19-26(21-12-6-5-7-13-21)27-29-23(28(2,3)4)17-25(32(27)30-19)34-18-24(33)31-16-10-14-20-11-8-9-15-22(20)31/h5-9,11-13,15,17H,10,14,16,18H2,1-4H3. The van der Waals surface area contributed by atoms with Gasteiger partial charge in [0.1, 0.15) is 5.03 Å². The minimum atomic E-state index is -0.126. The number of benzene rings is 2. The molecule has 2 aromatic carbocycles. The Kier molecular flexibility index (Phi) is 5.94. The first-order chi connectivity index (χ1) is 16.3. The summed E-state index contributed by atoms with van der Waals surface area (Å²) < 4.78 is 1.91. The van der Waals surface area contributed by atoms with E-state index in [0.717, 1.165) is 58.3 Å². The predicted octanol–water partition coefficient (Wildman–Crippen LogP) is 6.07. The highest BCUT2D eigenvalue weighted by Gasteiger charge is 2.25. The van der Waals surface area contributed by atoms with Gasteiger partial charge in [0, 0.05) is 23.2 Å². The van der Waals surface area contributed by atoms with Crippen LogP contribution in [0.4, 0.5) is 5.69 Å². The summed E-state index contributed by atoms with van der Waals surface area (Å²) in [4.78, 5) is 20.3. The Balaban J connectivity index is 1.52. The van der Waals surface area contributed by atoms with Gasteiger partial charge in [0.2, 0.25) is 5.91 Å². The average Bonchev–Trinajstić information content (AvgIpc) is 3.17. The number of carbonyl (C=O) groups is 1. The van der Waals surface area contributed by atoms with Gasteiger partial charge in [-0.3, -0.25) is 4.79 Å². The lowest BCUT2D eigenvalue weighted by atomic mass is 9.92. The third-order valence-electron chi connectivity index (χ3n) is 6.32. The van der Waals surface area contributed by atoms with E-state index >= 15 is 0 Å². The molecule has 174 valence electrons. The molecule has 0 radical (unpaired) electrons. The topological polar surface area (TPSA) is 50.5 Å². The van der Waals surface area contributed by atoms with Gasteiger partial charge in [-0.2, -0.15) is 5.10 Å². The van der Waals surface area contributed by atoms with Crippen LogP contribution in [-0.2, 0) is 16.6 Å². The lowest BCUT2D eigenvalue weighted by Crippen LogP contribution is -2.36. The number of para-hydroxylation sites is 1. The molecule has 5 nitrogen and oxygen atoms in total. The molecule has 1 amide bonds. The molecule has 0 aliphatic carbocycles. The van der Waals surface area contributed by atoms with Crippen molar-refractivity contribution in [2.24, 2.45) is 0 Å². The van der Waals surface area contributed by atoms with Gasteiger partial charge in [-0.05, 0) is 43.0 Å². The number of anilines is 1. The molecule has 0 N–H and O–H groups in total. The average molecular weight is 471 g/mol. The normalized spacial score (nSPS) is 13.8. The Morgan fingerprint density at radius 2 is 1.79 bits per heavy atom. The van der Waals surface area contributed by atoms with Crippen LogP contribution in [0.1, 0.15) is 44.1 Å². The van der Waals surface area contributed by atoms with Crippen LogP contribution in [0.5, 0.6) is 0 Å². The molecule has 2 aromatic heterocycles. The molecule has 0 bridgehead atoms. The van der Waals surface area contributed by atoms with Crippen LogP contribution < -0.4 is 4.90 Å². The van der Waals surface area contributed by atoms with Crippen LogP contribution in [0.2, 0.25) is 0 Å². The summed E-state index contributed by atoms with van der Waals surface area (Å²) in [6.45, 7) is 9.30. The summed E-state index contributed by atoms with van der Waals surface area (Å²) in [6.07, 6.45) is 2.03. The van der Waals surface area contributed by atoms with E-state index in [1.165, 1.54) is 5.56 Å². The molecular weight excluding hydrogens is 440 g/mol. The number of hydrogen-bond acceptors (Lipinski definition) is 4. The zero-order valence-corrected chi connectivity index (χ0v) is 21.0. The fourth-order valence-corrected chi connectivity index (χ4v) is 5.40. The lowest BCUT2D eigenvalue weighted by Gasteiger charge is -2.29. The first-order valence-electron chi connectivity index (χ1n) is 11.8. The maximum absolute atomic E-state index is 13.3. The molecule has 1 aliphatic rings. The second-order valence-corrected chi connectivity index (χ2v) is 10.9. The van der Waals surface area contributed by atoms with E-state index in [1.807, 2.05) is 46.7 Å². The largest absolute Gasteiger partial charge is 0.311 e. The number of rotatable bonds is 4. The summed E-state index contributed by atoms with van der Waals surface area (Å²) in [5.41, 5.74) is 7.10. The summed E-state index contributed by atoms with van der Waals surface area (Å²) >= 11 is 1.54. The molecule has 0 atom stereocenters. The predicted molar refractivity (Wildman–Crippen MR) is 140 cm³/mol. The van der Waals surface area contributed by atoms with Crippen LogP contribution in [0.25, 0.3) is 16.8 Å². The molecule has 0 saturated heterocycles. The number of amides is 1. The van der Waals surface area contributed by atoms with Crippen molar-refractivity contribution in [1.82, 2.24) is 14.6 Å². The van der Waals surface area contributed by atoms with Crippen molar-refractivity contribution < 1.29 is 4.79 Å². The number of hydrogen-bond donors (Lipinski definition) is 0. The van der Waals surface area contributed by atoms with Crippen molar-refractivity contribution in [1.29, 1.82) is 0 Å². The van der Waals surface area contributed by atoms with Crippen molar-refractivity contribution in [2.45, 2.75) is 51.0 Å². The fourth-order valence-electron chi connectivity index (χ4n) is 4.53. The van der Waals surface area contributed by atoms with Crippen molar-refractivity contribution >= 4 is 29.0 Å². The van der Waals surface area contributed by atoms with Crippen molar-refractivity contribution in [2.75, 3.05) is 17.2 Å². The van der Waals surface area contributed by atoms with Crippen molar-refractivity contribution in [3.05, 3.63) is 77.6 Å². The molecule has 0 unspecified atom stereocenters. The maximum Gasteiger partial charge on any atom is 0.237 e. The number of aromatic nitrogens is 3. The van der Waals surface area contributed by atoms with Gasteiger partial charge in [0.25, 0.3) is 0 Å². The van der Waals surface area contributed by atoms with E-state index < -0.39 is 0 Å². The van der Waals surface area contributed by atoms with E-state index in [9.17, 15) is 4.79 Å². The molecule has 0 fully saturated rings. The second kappa shape index (κ2) is 8.91. The highest BCUT2D eigenvalue weighted by atomic mass is 32.2. The van der Waals surface area contributed by atoms with Crippen molar-refractivity contribution in [3.63, 3.8) is 0 Å². The maximum atomic E-state index is 13.3. The second-order valence-electron chi connectivity index (χ2n) is 9.86. The van der Waals surface area contributed by atoms with Crippen LogP contribution in [-0.4, -0.2) is 32.8 Å². The third-order valence-corrected chi connectivity index (χ3v) is 7.29. The molecule has 1 aliphatic heterocycles. The third kappa shape index (κ3) is 4.23. The van der Waals surface area contributed by atoms with Crippen LogP contribution in [0.3, 0.4) is 0 Å². The number of carbonyl (C=O) groups excluding carboxylic acids is 1. The van der Waals surface area contributed by atoms with E-state index in [4.69, 9.17) is 10.1 Å². The Hall–Kier alpha value is -3.12. The van der Waals surface area contributed by atoms with Gasteiger partial charge in [-0.1, -0.05) is 81.1 Å². The number of aryl methyl sites for hydroxylation is 2. The molecule has 3 heterocycles. The van der Waals surface area contributed by atoms with Gasteiger partial charge < -0.3 is 4.90 Å². The Bertz CT molecular complexity index is 1350. The molecule has 4 aromatic rings. The molecule has 5 rings (SSSR count). The Labute approximate surface area is 205 Å².